The van der Waals surface area contributed by atoms with Crippen LogP contribution >= 0.6 is 11.6 Å². The lowest BCUT2D eigenvalue weighted by Gasteiger charge is -2.34. The van der Waals surface area contributed by atoms with Gasteiger partial charge in [0.25, 0.3) is 0 Å². The Labute approximate surface area is 193 Å². The van der Waals surface area contributed by atoms with Gasteiger partial charge in [0.2, 0.25) is 11.2 Å². The first-order chi connectivity index (χ1) is 15.2. The van der Waals surface area contributed by atoms with Crippen molar-refractivity contribution in [2.45, 2.75) is 83.0 Å². The average Bonchev–Trinajstić information content (AvgIpc) is 3.34. The highest BCUT2D eigenvalue weighted by Gasteiger charge is 2.39. The number of hydrogen-bond acceptors (Lipinski definition) is 6. The highest BCUT2D eigenvalue weighted by molar-refractivity contribution is 6.28. The summed E-state index contributed by atoms with van der Waals surface area (Å²) in [7, 11) is 0. The molecule has 2 amide bonds. The van der Waals surface area contributed by atoms with Crippen molar-refractivity contribution in [3.63, 3.8) is 0 Å². The molecule has 1 aromatic heterocycles. The van der Waals surface area contributed by atoms with E-state index < -0.39 is 17.7 Å². The molecule has 0 aromatic carbocycles. The standard InChI is InChI=1S/C23H30ClN5O3/c1-23(2,3)32-22(31)29-10-4-5-18(29)20(30)27-17-11-14(12-17)6-7-15-13-25-21(24)28-19(15)26-16-8-9-16/h13-14,16-18H,4-5,8-12H2,1-3H3,(H,27,30)(H,25,26,28)/t14-,17+,18?. The molecular weight excluding hydrogens is 430 g/mol. The zero-order valence-corrected chi connectivity index (χ0v) is 19.5. The number of carbonyl (C=O) groups is 2. The molecule has 1 aromatic rings. The van der Waals surface area contributed by atoms with Crippen LogP contribution in [0, 0.1) is 17.8 Å². The molecule has 0 bridgehead atoms. The fraction of sp³-hybridized carbons (Fsp3) is 0.652. The Morgan fingerprint density at radius 3 is 2.66 bits per heavy atom. The van der Waals surface area contributed by atoms with Gasteiger partial charge in [0, 0.05) is 30.7 Å². The van der Waals surface area contributed by atoms with Crippen molar-refractivity contribution in [2.24, 2.45) is 5.92 Å². The van der Waals surface area contributed by atoms with Crippen molar-refractivity contribution in [2.75, 3.05) is 11.9 Å². The molecule has 0 spiro atoms. The molecule has 3 aliphatic rings. The number of carbonyl (C=O) groups excluding carboxylic acids is 2. The normalized spacial score (nSPS) is 24.8. The van der Waals surface area contributed by atoms with Crippen LogP contribution in [0.15, 0.2) is 6.20 Å². The maximum absolute atomic E-state index is 12.8. The van der Waals surface area contributed by atoms with Crippen LogP contribution in [0.5, 0.6) is 0 Å². The highest BCUT2D eigenvalue weighted by atomic mass is 35.5. The van der Waals surface area contributed by atoms with E-state index in [0.29, 0.717) is 24.8 Å². The van der Waals surface area contributed by atoms with E-state index in [1.807, 2.05) is 20.8 Å². The minimum absolute atomic E-state index is 0.0772. The number of amides is 2. The van der Waals surface area contributed by atoms with Crippen LogP contribution in [0.3, 0.4) is 0 Å². The SMILES string of the molecule is CC(C)(C)OC(=O)N1CCCC1C(=O)N[C@H]1C[C@@H](C#Cc2cnc(Cl)nc2NC2CC2)C1. The van der Waals surface area contributed by atoms with E-state index in [-0.39, 0.29) is 23.2 Å². The summed E-state index contributed by atoms with van der Waals surface area (Å²) in [4.78, 5) is 35.0. The largest absolute Gasteiger partial charge is 0.444 e. The van der Waals surface area contributed by atoms with Crippen LogP contribution in [0.4, 0.5) is 10.6 Å². The van der Waals surface area contributed by atoms with Crippen molar-refractivity contribution >= 4 is 29.4 Å². The average molecular weight is 460 g/mol. The summed E-state index contributed by atoms with van der Waals surface area (Å²) in [5.74, 6) is 7.22. The van der Waals surface area contributed by atoms with Gasteiger partial charge in [-0.3, -0.25) is 9.69 Å². The molecule has 2 saturated carbocycles. The van der Waals surface area contributed by atoms with Crippen molar-refractivity contribution < 1.29 is 14.3 Å². The van der Waals surface area contributed by atoms with Crippen LogP contribution in [0.2, 0.25) is 5.28 Å². The molecule has 1 aliphatic heterocycles. The van der Waals surface area contributed by atoms with Gasteiger partial charge in [-0.2, -0.15) is 4.98 Å². The number of ether oxygens (including phenoxy) is 1. The van der Waals surface area contributed by atoms with E-state index in [1.54, 1.807) is 11.1 Å². The predicted molar refractivity (Wildman–Crippen MR) is 121 cm³/mol. The maximum atomic E-state index is 12.8. The quantitative estimate of drug-likeness (QED) is 0.529. The molecule has 2 aliphatic carbocycles. The van der Waals surface area contributed by atoms with Gasteiger partial charge < -0.3 is 15.4 Å². The smallest absolute Gasteiger partial charge is 0.410 e. The van der Waals surface area contributed by atoms with Gasteiger partial charge in [-0.05, 0) is 70.9 Å². The number of rotatable bonds is 4. The number of nitrogens with one attached hydrogen (secondary N) is 2. The van der Waals surface area contributed by atoms with Gasteiger partial charge in [-0.25, -0.2) is 9.78 Å². The second kappa shape index (κ2) is 9.14. The number of nitrogens with zero attached hydrogens (tertiary/aromatic N) is 3. The third-order valence-corrected chi connectivity index (χ3v) is 5.94. The monoisotopic (exact) mass is 459 g/mol. The molecule has 2 heterocycles. The molecular formula is C23H30ClN5O3. The molecule has 3 fully saturated rings. The second-order valence-electron chi connectivity index (χ2n) is 9.79. The van der Waals surface area contributed by atoms with Crippen molar-refractivity contribution in [1.82, 2.24) is 20.2 Å². The molecule has 1 unspecified atom stereocenters. The third-order valence-electron chi connectivity index (χ3n) is 5.76. The fourth-order valence-corrected chi connectivity index (χ4v) is 4.03. The molecule has 0 radical (unpaired) electrons. The van der Waals surface area contributed by atoms with Crippen LogP contribution in [0.25, 0.3) is 0 Å². The summed E-state index contributed by atoms with van der Waals surface area (Å²) < 4.78 is 5.45. The Balaban J connectivity index is 1.28. The van der Waals surface area contributed by atoms with Gasteiger partial charge in [0.15, 0.2) is 0 Å². The molecule has 4 rings (SSSR count). The zero-order valence-electron chi connectivity index (χ0n) is 18.8. The minimum Gasteiger partial charge on any atom is -0.444 e. The Kier molecular flexibility index (Phi) is 6.47. The summed E-state index contributed by atoms with van der Waals surface area (Å²) in [6, 6.07) is 0.0614. The van der Waals surface area contributed by atoms with E-state index in [4.69, 9.17) is 16.3 Å². The Morgan fingerprint density at radius 1 is 1.22 bits per heavy atom. The number of hydrogen-bond donors (Lipinski definition) is 2. The Bertz CT molecular complexity index is 941. The number of aromatic nitrogens is 2. The molecule has 1 saturated heterocycles. The number of anilines is 1. The minimum atomic E-state index is -0.580. The van der Waals surface area contributed by atoms with Gasteiger partial charge in [0.05, 0.1) is 5.56 Å². The second-order valence-corrected chi connectivity index (χ2v) is 10.1. The Hall–Kier alpha value is -2.53. The van der Waals surface area contributed by atoms with Gasteiger partial charge in [-0.1, -0.05) is 11.8 Å². The summed E-state index contributed by atoms with van der Waals surface area (Å²) in [6.07, 6.45) is 6.53. The lowest BCUT2D eigenvalue weighted by atomic mass is 9.80. The predicted octanol–water partition coefficient (Wildman–Crippen LogP) is 3.35. The highest BCUT2D eigenvalue weighted by Crippen LogP contribution is 2.29. The van der Waals surface area contributed by atoms with Gasteiger partial charge in [0.1, 0.15) is 17.5 Å². The maximum Gasteiger partial charge on any atom is 0.410 e. The molecule has 172 valence electrons. The van der Waals surface area contributed by atoms with Crippen molar-refractivity contribution in [1.29, 1.82) is 0 Å². The molecule has 32 heavy (non-hydrogen) atoms. The number of halogens is 1. The van der Waals surface area contributed by atoms with Crippen molar-refractivity contribution in [3.8, 4) is 11.8 Å². The summed E-state index contributed by atoms with van der Waals surface area (Å²) in [5, 5.41) is 6.62. The molecule has 1 atom stereocenters. The van der Waals surface area contributed by atoms with E-state index in [0.717, 1.165) is 37.7 Å². The van der Waals surface area contributed by atoms with Crippen LogP contribution < -0.4 is 10.6 Å². The first-order valence-electron chi connectivity index (χ1n) is 11.3. The van der Waals surface area contributed by atoms with Crippen LogP contribution in [-0.4, -0.2) is 57.1 Å². The van der Waals surface area contributed by atoms with Gasteiger partial charge >= 0.3 is 6.09 Å². The van der Waals surface area contributed by atoms with E-state index >= 15 is 0 Å². The summed E-state index contributed by atoms with van der Waals surface area (Å²) >= 11 is 5.92. The number of likely N-dealkylation sites (tertiary alicyclic amines) is 1. The molecule has 2 N–H and O–H groups in total. The third kappa shape index (κ3) is 5.83. The van der Waals surface area contributed by atoms with Crippen LogP contribution in [0.1, 0.15) is 64.9 Å². The lowest BCUT2D eigenvalue weighted by molar-refractivity contribution is -0.126. The summed E-state index contributed by atoms with van der Waals surface area (Å²) in [6.45, 7) is 6.03. The van der Waals surface area contributed by atoms with E-state index in [9.17, 15) is 9.59 Å². The van der Waals surface area contributed by atoms with Crippen molar-refractivity contribution in [3.05, 3.63) is 17.0 Å². The van der Waals surface area contributed by atoms with Gasteiger partial charge in [-0.15, -0.1) is 0 Å². The van der Waals surface area contributed by atoms with E-state index in [1.165, 1.54) is 0 Å². The first kappa shape index (κ1) is 22.7. The zero-order chi connectivity index (χ0) is 22.9. The molecule has 8 nitrogen and oxygen atoms in total. The lowest BCUT2D eigenvalue weighted by Crippen LogP contribution is -2.52. The van der Waals surface area contributed by atoms with E-state index in [2.05, 4.69) is 32.4 Å². The molecule has 9 heteroatoms. The Morgan fingerprint density at radius 2 is 1.97 bits per heavy atom. The van der Waals surface area contributed by atoms with Crippen LogP contribution in [-0.2, 0) is 9.53 Å². The topological polar surface area (TPSA) is 96.5 Å². The summed E-state index contributed by atoms with van der Waals surface area (Å²) in [5.41, 5.74) is 0.164. The first-order valence-corrected chi connectivity index (χ1v) is 11.7. The fourth-order valence-electron chi connectivity index (χ4n) is 3.89.